The minimum atomic E-state index is -0.0945. The van der Waals surface area contributed by atoms with Gasteiger partial charge in [-0.05, 0) is 31.0 Å². The van der Waals surface area contributed by atoms with Gasteiger partial charge in [-0.3, -0.25) is 4.79 Å². The molecular formula is C8H14N4OS. The maximum absolute atomic E-state index is 11.4. The first kappa shape index (κ1) is 11.1. The number of carbonyl (C=O) groups excluding carboxylic acids is 1. The first-order chi connectivity index (χ1) is 6.74. The van der Waals surface area contributed by atoms with E-state index >= 15 is 0 Å². The lowest BCUT2D eigenvalue weighted by Crippen LogP contribution is -2.31. The van der Waals surface area contributed by atoms with Crippen molar-refractivity contribution >= 4 is 17.4 Å². The fourth-order valence-corrected chi connectivity index (χ4v) is 1.47. The predicted molar refractivity (Wildman–Crippen MR) is 55.3 cm³/mol. The molecule has 1 unspecified atom stereocenters. The molecule has 0 saturated carbocycles. The van der Waals surface area contributed by atoms with Crippen LogP contribution in [0.1, 0.15) is 16.6 Å². The van der Waals surface area contributed by atoms with Crippen molar-refractivity contribution in [2.75, 3.05) is 20.1 Å². The van der Waals surface area contributed by atoms with Crippen LogP contribution in [-0.4, -0.2) is 35.6 Å². The van der Waals surface area contributed by atoms with Gasteiger partial charge in [0.1, 0.15) is 4.88 Å². The summed E-state index contributed by atoms with van der Waals surface area (Å²) in [7, 11) is 1.89. The number of rotatable bonds is 5. The number of hydrogen-bond acceptors (Lipinski definition) is 5. The highest BCUT2D eigenvalue weighted by Gasteiger charge is 2.09. The number of aromatic nitrogens is 2. The van der Waals surface area contributed by atoms with Gasteiger partial charge in [-0.2, -0.15) is 0 Å². The number of hydrogen-bond donors (Lipinski definition) is 2. The Morgan fingerprint density at radius 1 is 1.64 bits per heavy atom. The highest BCUT2D eigenvalue weighted by molar-refractivity contribution is 7.07. The highest BCUT2D eigenvalue weighted by atomic mass is 32.1. The standard InChI is InChI=1S/C8H14N4OS/c1-6(3-9-2)4-10-8(13)7-5-11-12-14-7/h5-6,9H,3-4H2,1-2H3,(H,10,13). The minimum absolute atomic E-state index is 0.0945. The van der Waals surface area contributed by atoms with Gasteiger partial charge >= 0.3 is 0 Å². The van der Waals surface area contributed by atoms with E-state index in [-0.39, 0.29) is 5.91 Å². The molecule has 1 heterocycles. The van der Waals surface area contributed by atoms with E-state index in [1.165, 1.54) is 6.20 Å². The second-order valence-corrected chi connectivity index (χ2v) is 3.94. The van der Waals surface area contributed by atoms with Crippen LogP contribution in [0.4, 0.5) is 0 Å². The van der Waals surface area contributed by atoms with Gasteiger partial charge in [-0.25, -0.2) is 0 Å². The Kier molecular flexibility index (Phi) is 4.48. The van der Waals surface area contributed by atoms with Crippen LogP contribution in [0.15, 0.2) is 6.20 Å². The molecule has 0 bridgehead atoms. The lowest BCUT2D eigenvalue weighted by atomic mass is 10.2. The van der Waals surface area contributed by atoms with Gasteiger partial charge in [0, 0.05) is 6.54 Å². The van der Waals surface area contributed by atoms with Gasteiger partial charge in [0.05, 0.1) is 6.20 Å². The summed E-state index contributed by atoms with van der Waals surface area (Å²) >= 11 is 1.11. The quantitative estimate of drug-likeness (QED) is 0.731. The Labute approximate surface area is 87.1 Å². The zero-order chi connectivity index (χ0) is 10.4. The maximum Gasteiger partial charge on any atom is 0.264 e. The lowest BCUT2D eigenvalue weighted by molar-refractivity contribution is 0.0952. The summed E-state index contributed by atoms with van der Waals surface area (Å²) in [5, 5.41) is 9.48. The zero-order valence-corrected chi connectivity index (χ0v) is 9.10. The molecule has 14 heavy (non-hydrogen) atoms. The van der Waals surface area contributed by atoms with Crippen molar-refractivity contribution in [3.8, 4) is 0 Å². The molecule has 0 fully saturated rings. The second kappa shape index (κ2) is 5.66. The predicted octanol–water partition coefficient (Wildman–Crippen LogP) is 0.123. The topological polar surface area (TPSA) is 66.9 Å². The highest BCUT2D eigenvalue weighted by Crippen LogP contribution is 2.01. The molecule has 1 atom stereocenters. The van der Waals surface area contributed by atoms with E-state index in [1.54, 1.807) is 0 Å². The zero-order valence-electron chi connectivity index (χ0n) is 8.28. The van der Waals surface area contributed by atoms with Crippen molar-refractivity contribution in [1.29, 1.82) is 0 Å². The maximum atomic E-state index is 11.4. The summed E-state index contributed by atoms with van der Waals surface area (Å²) in [6, 6.07) is 0. The van der Waals surface area contributed by atoms with E-state index in [4.69, 9.17) is 0 Å². The van der Waals surface area contributed by atoms with Crippen molar-refractivity contribution < 1.29 is 4.79 Å². The summed E-state index contributed by atoms with van der Waals surface area (Å²) in [6.07, 6.45) is 1.47. The Balaban J connectivity index is 2.28. The van der Waals surface area contributed by atoms with E-state index in [2.05, 4.69) is 27.1 Å². The summed E-state index contributed by atoms with van der Waals surface area (Å²) in [5.74, 6) is 0.327. The molecule has 1 aromatic rings. The summed E-state index contributed by atoms with van der Waals surface area (Å²) < 4.78 is 3.63. The molecule has 0 aromatic carbocycles. The molecule has 0 aliphatic rings. The molecule has 2 N–H and O–H groups in total. The lowest BCUT2D eigenvalue weighted by Gasteiger charge is -2.10. The smallest absolute Gasteiger partial charge is 0.264 e. The van der Waals surface area contributed by atoms with Crippen LogP contribution in [0.5, 0.6) is 0 Å². The van der Waals surface area contributed by atoms with Crippen LogP contribution in [-0.2, 0) is 0 Å². The SMILES string of the molecule is CNCC(C)CNC(=O)c1cnns1. The van der Waals surface area contributed by atoms with Crippen LogP contribution in [0, 0.1) is 5.92 Å². The minimum Gasteiger partial charge on any atom is -0.351 e. The molecule has 0 radical (unpaired) electrons. The van der Waals surface area contributed by atoms with Crippen molar-refractivity contribution in [3.63, 3.8) is 0 Å². The Bertz CT molecular complexity index is 275. The second-order valence-electron chi connectivity index (χ2n) is 3.15. The first-order valence-electron chi connectivity index (χ1n) is 4.44. The van der Waals surface area contributed by atoms with Crippen molar-refractivity contribution in [3.05, 3.63) is 11.1 Å². The van der Waals surface area contributed by atoms with Gasteiger partial charge in [0.15, 0.2) is 0 Å². The molecule has 0 aliphatic carbocycles. The van der Waals surface area contributed by atoms with Crippen molar-refractivity contribution in [2.24, 2.45) is 5.92 Å². The van der Waals surface area contributed by atoms with Gasteiger partial charge < -0.3 is 10.6 Å². The van der Waals surface area contributed by atoms with Gasteiger partial charge in [0.25, 0.3) is 5.91 Å². The molecule has 1 aromatic heterocycles. The molecule has 0 spiro atoms. The fourth-order valence-electron chi connectivity index (χ4n) is 1.04. The monoisotopic (exact) mass is 214 g/mol. The number of nitrogens with one attached hydrogen (secondary N) is 2. The molecular weight excluding hydrogens is 200 g/mol. The molecule has 5 nitrogen and oxygen atoms in total. The van der Waals surface area contributed by atoms with E-state index in [9.17, 15) is 4.79 Å². The van der Waals surface area contributed by atoms with Gasteiger partial charge in [0.2, 0.25) is 0 Å². The molecule has 1 rings (SSSR count). The van der Waals surface area contributed by atoms with Crippen LogP contribution < -0.4 is 10.6 Å². The van der Waals surface area contributed by atoms with Crippen LogP contribution in [0.2, 0.25) is 0 Å². The van der Waals surface area contributed by atoms with Gasteiger partial charge in [-0.15, -0.1) is 5.10 Å². The van der Waals surface area contributed by atoms with Gasteiger partial charge in [-0.1, -0.05) is 11.4 Å². The fraction of sp³-hybridized carbons (Fsp3) is 0.625. The summed E-state index contributed by atoms with van der Waals surface area (Å²) in [5.41, 5.74) is 0. The molecule has 0 aliphatic heterocycles. The number of carbonyl (C=O) groups is 1. The molecule has 78 valence electrons. The van der Waals surface area contributed by atoms with Crippen molar-refractivity contribution in [1.82, 2.24) is 20.2 Å². The summed E-state index contributed by atoms with van der Waals surface area (Å²) in [4.78, 5) is 12.0. The summed E-state index contributed by atoms with van der Waals surface area (Å²) in [6.45, 7) is 3.63. The first-order valence-corrected chi connectivity index (χ1v) is 5.21. The Morgan fingerprint density at radius 3 is 3.00 bits per heavy atom. The third kappa shape index (κ3) is 3.39. The van der Waals surface area contributed by atoms with Crippen LogP contribution in [0.25, 0.3) is 0 Å². The van der Waals surface area contributed by atoms with E-state index in [1.807, 2.05) is 7.05 Å². The van der Waals surface area contributed by atoms with Crippen molar-refractivity contribution in [2.45, 2.75) is 6.92 Å². The number of nitrogens with zero attached hydrogens (tertiary/aromatic N) is 2. The largest absolute Gasteiger partial charge is 0.351 e. The van der Waals surface area contributed by atoms with Crippen LogP contribution >= 0.6 is 11.5 Å². The number of amides is 1. The third-order valence-electron chi connectivity index (χ3n) is 1.75. The Morgan fingerprint density at radius 2 is 2.43 bits per heavy atom. The van der Waals surface area contributed by atoms with E-state index in [0.29, 0.717) is 17.3 Å². The van der Waals surface area contributed by atoms with E-state index < -0.39 is 0 Å². The molecule has 1 amide bonds. The Hall–Kier alpha value is -1.01. The molecule has 6 heteroatoms. The van der Waals surface area contributed by atoms with Crippen LogP contribution in [0.3, 0.4) is 0 Å². The van der Waals surface area contributed by atoms with E-state index in [0.717, 1.165) is 18.1 Å². The third-order valence-corrected chi connectivity index (χ3v) is 2.41. The molecule has 0 saturated heterocycles. The normalized spacial score (nSPS) is 12.4. The average Bonchev–Trinajstić information content (AvgIpc) is 2.67. The average molecular weight is 214 g/mol.